The summed E-state index contributed by atoms with van der Waals surface area (Å²) >= 11 is 3.25. The number of hydrogen-bond donors (Lipinski definition) is 1. The molecule has 0 radical (unpaired) electrons. The lowest BCUT2D eigenvalue weighted by Crippen LogP contribution is -2.23. The smallest absolute Gasteiger partial charge is 0.251 e. The maximum atomic E-state index is 11.8. The first kappa shape index (κ1) is 12.3. The molecule has 1 atom stereocenters. The van der Waals surface area contributed by atoms with Crippen molar-refractivity contribution in [1.29, 1.82) is 0 Å². The predicted molar refractivity (Wildman–Crippen MR) is 69.8 cm³/mol. The minimum atomic E-state index is -0.227. The number of rotatable bonds is 2. The molecule has 1 aromatic rings. The Kier molecular flexibility index (Phi) is 3.62. The lowest BCUT2D eigenvalue weighted by molar-refractivity contribution is 0.0956. The molecule has 3 nitrogen and oxygen atoms in total. The van der Waals surface area contributed by atoms with Crippen LogP contribution in [-0.4, -0.2) is 23.1 Å². The number of halogens is 1. The van der Waals surface area contributed by atoms with Gasteiger partial charge in [0.25, 0.3) is 5.91 Å². The Balaban J connectivity index is 2.41. The van der Waals surface area contributed by atoms with Gasteiger partial charge in [0.05, 0.1) is 4.83 Å². The predicted octanol–water partition coefficient (Wildman–Crippen LogP) is 2.33. The molecule has 2 rings (SSSR count). The van der Waals surface area contributed by atoms with Crippen molar-refractivity contribution in [2.24, 2.45) is 0 Å². The van der Waals surface area contributed by atoms with Crippen molar-refractivity contribution in [3.8, 4) is 0 Å². The number of carbonyl (C=O) groups excluding carboxylic acids is 2. The van der Waals surface area contributed by atoms with Gasteiger partial charge in [-0.1, -0.05) is 28.1 Å². The molecule has 90 valence electrons. The Labute approximate surface area is 109 Å². The fourth-order valence-electron chi connectivity index (χ4n) is 1.96. The average molecular weight is 296 g/mol. The van der Waals surface area contributed by atoms with Crippen LogP contribution in [0.1, 0.15) is 39.6 Å². The molecule has 1 aliphatic rings. The average Bonchev–Trinajstić information content (AvgIpc) is 2.50. The number of aryl methyl sites for hydroxylation is 1. The van der Waals surface area contributed by atoms with Gasteiger partial charge in [0, 0.05) is 17.7 Å². The van der Waals surface area contributed by atoms with Gasteiger partial charge < -0.3 is 5.32 Å². The van der Waals surface area contributed by atoms with Crippen LogP contribution in [-0.2, 0) is 6.42 Å². The number of benzene rings is 1. The van der Waals surface area contributed by atoms with Gasteiger partial charge in [-0.15, -0.1) is 0 Å². The second-order valence-electron chi connectivity index (χ2n) is 4.21. The largest absolute Gasteiger partial charge is 0.352 e. The summed E-state index contributed by atoms with van der Waals surface area (Å²) in [4.78, 5) is 23.4. The van der Waals surface area contributed by atoms with Crippen molar-refractivity contribution in [2.75, 3.05) is 6.54 Å². The summed E-state index contributed by atoms with van der Waals surface area (Å²) in [5.74, 6) is -0.0702. The van der Waals surface area contributed by atoms with Crippen LogP contribution in [0.2, 0.25) is 0 Å². The zero-order valence-electron chi connectivity index (χ0n) is 9.63. The monoisotopic (exact) mass is 295 g/mol. The highest BCUT2D eigenvalue weighted by Gasteiger charge is 2.18. The molecule has 0 fully saturated rings. The van der Waals surface area contributed by atoms with Crippen molar-refractivity contribution < 1.29 is 9.59 Å². The van der Waals surface area contributed by atoms with Crippen LogP contribution in [0, 0.1) is 0 Å². The van der Waals surface area contributed by atoms with Crippen molar-refractivity contribution in [3.05, 3.63) is 34.9 Å². The molecule has 1 N–H and O–H groups in total. The molecule has 17 heavy (non-hydrogen) atoms. The summed E-state index contributed by atoms with van der Waals surface area (Å²) in [5.41, 5.74) is 2.26. The summed E-state index contributed by atoms with van der Waals surface area (Å²) in [5, 5.41) is 2.83. The maximum absolute atomic E-state index is 11.8. The van der Waals surface area contributed by atoms with Crippen LogP contribution in [0.5, 0.6) is 0 Å². The van der Waals surface area contributed by atoms with E-state index < -0.39 is 0 Å². The molecule has 4 heteroatoms. The zero-order valence-corrected chi connectivity index (χ0v) is 11.2. The van der Waals surface area contributed by atoms with Crippen LogP contribution in [0.4, 0.5) is 0 Å². The van der Waals surface area contributed by atoms with E-state index in [1.54, 1.807) is 19.1 Å². The number of nitrogens with one attached hydrogen (secondary N) is 1. The van der Waals surface area contributed by atoms with E-state index in [0.717, 1.165) is 18.4 Å². The second-order valence-corrected chi connectivity index (χ2v) is 5.59. The van der Waals surface area contributed by atoms with E-state index in [4.69, 9.17) is 0 Å². The first-order valence-corrected chi connectivity index (χ1v) is 6.60. The minimum Gasteiger partial charge on any atom is -0.352 e. The third kappa shape index (κ3) is 2.57. The highest BCUT2D eigenvalue weighted by Crippen LogP contribution is 2.18. The van der Waals surface area contributed by atoms with Gasteiger partial charge in [0.1, 0.15) is 0 Å². The first-order valence-electron chi connectivity index (χ1n) is 5.69. The van der Waals surface area contributed by atoms with Crippen LogP contribution in [0.15, 0.2) is 18.2 Å². The zero-order chi connectivity index (χ0) is 12.4. The van der Waals surface area contributed by atoms with Gasteiger partial charge >= 0.3 is 0 Å². The van der Waals surface area contributed by atoms with E-state index >= 15 is 0 Å². The summed E-state index contributed by atoms with van der Waals surface area (Å²) in [7, 11) is 0. The molecule has 1 amide bonds. The van der Waals surface area contributed by atoms with Gasteiger partial charge in [-0.3, -0.25) is 9.59 Å². The second kappa shape index (κ2) is 5.00. The first-order chi connectivity index (χ1) is 8.09. The van der Waals surface area contributed by atoms with Crippen LogP contribution < -0.4 is 5.32 Å². The number of ketones is 1. The van der Waals surface area contributed by atoms with Crippen LogP contribution >= 0.6 is 15.9 Å². The summed E-state index contributed by atoms with van der Waals surface area (Å²) in [6.07, 6.45) is 1.83. The van der Waals surface area contributed by atoms with Crippen molar-refractivity contribution in [2.45, 2.75) is 24.6 Å². The molecule has 0 spiro atoms. The highest BCUT2D eigenvalue weighted by molar-refractivity contribution is 9.10. The molecule has 1 heterocycles. The fraction of sp³-hybridized carbons (Fsp3) is 0.385. The molecule has 0 aromatic heterocycles. The Bertz CT molecular complexity index is 468. The standard InChI is InChI=1S/C13H14BrNO2/c1-8(14)12(16)10-5-4-9-3-2-6-15-13(17)11(9)7-10/h4-5,7-8H,2-3,6H2,1H3,(H,15,17). The number of fused-ring (bicyclic) bond motifs is 1. The number of hydrogen-bond acceptors (Lipinski definition) is 2. The third-order valence-corrected chi connectivity index (χ3v) is 3.32. The van der Waals surface area contributed by atoms with Gasteiger partial charge in [0.15, 0.2) is 5.78 Å². The summed E-state index contributed by atoms with van der Waals surface area (Å²) in [6, 6.07) is 5.40. The van der Waals surface area contributed by atoms with Crippen molar-refractivity contribution >= 4 is 27.6 Å². The molecular formula is C13H14BrNO2. The lowest BCUT2D eigenvalue weighted by atomic mass is 9.98. The van der Waals surface area contributed by atoms with Crippen molar-refractivity contribution in [1.82, 2.24) is 5.32 Å². The van der Waals surface area contributed by atoms with Crippen molar-refractivity contribution in [3.63, 3.8) is 0 Å². The Morgan fingerprint density at radius 3 is 2.94 bits per heavy atom. The van der Waals surface area contributed by atoms with Gasteiger partial charge in [0.2, 0.25) is 0 Å². The SMILES string of the molecule is CC(Br)C(=O)c1ccc2c(c1)C(=O)NCCC2. The number of carbonyl (C=O) groups is 2. The van der Waals surface area contributed by atoms with E-state index in [9.17, 15) is 9.59 Å². The van der Waals surface area contributed by atoms with Gasteiger partial charge in [-0.2, -0.15) is 0 Å². The van der Waals surface area contributed by atoms with E-state index in [2.05, 4.69) is 21.2 Å². The molecule has 0 aliphatic carbocycles. The van der Waals surface area contributed by atoms with E-state index in [-0.39, 0.29) is 16.5 Å². The highest BCUT2D eigenvalue weighted by atomic mass is 79.9. The molecule has 1 aromatic carbocycles. The summed E-state index contributed by atoms with van der Waals surface area (Å²) < 4.78 is 0. The topological polar surface area (TPSA) is 46.2 Å². The van der Waals surface area contributed by atoms with Crippen LogP contribution in [0.25, 0.3) is 0 Å². The summed E-state index contributed by atoms with van der Waals surface area (Å²) in [6.45, 7) is 2.49. The number of alkyl halides is 1. The van der Waals surface area contributed by atoms with E-state index in [1.165, 1.54) is 0 Å². The third-order valence-electron chi connectivity index (χ3n) is 2.91. The lowest BCUT2D eigenvalue weighted by Gasteiger charge is -2.08. The molecule has 0 saturated heterocycles. The molecule has 0 bridgehead atoms. The minimum absolute atomic E-state index is 0.00449. The molecule has 0 saturated carbocycles. The number of amides is 1. The Morgan fingerprint density at radius 2 is 2.24 bits per heavy atom. The Morgan fingerprint density at radius 1 is 1.47 bits per heavy atom. The van der Waals surface area contributed by atoms with E-state index in [1.807, 2.05) is 6.07 Å². The molecule has 1 unspecified atom stereocenters. The van der Waals surface area contributed by atoms with Gasteiger partial charge in [-0.05, 0) is 31.4 Å². The molecule has 1 aliphatic heterocycles. The number of Topliss-reactive ketones (excluding diaryl/α,β-unsaturated/α-hetero) is 1. The maximum Gasteiger partial charge on any atom is 0.251 e. The molecular weight excluding hydrogens is 282 g/mol. The Hall–Kier alpha value is -1.16. The van der Waals surface area contributed by atoms with E-state index in [0.29, 0.717) is 17.7 Å². The fourth-order valence-corrected chi connectivity index (χ4v) is 2.23. The van der Waals surface area contributed by atoms with Gasteiger partial charge in [-0.25, -0.2) is 0 Å². The normalized spacial score (nSPS) is 16.7. The van der Waals surface area contributed by atoms with Crippen LogP contribution in [0.3, 0.4) is 0 Å². The quantitative estimate of drug-likeness (QED) is 0.672.